The van der Waals surface area contributed by atoms with Crippen LogP contribution in [0.15, 0.2) is 46.9 Å². The first-order valence-corrected chi connectivity index (χ1v) is 7.25. The van der Waals surface area contributed by atoms with Crippen LogP contribution in [0, 0.1) is 0 Å². The Kier molecular flexibility index (Phi) is 5.04. The third-order valence-corrected chi connectivity index (χ3v) is 3.95. The van der Waals surface area contributed by atoms with Crippen LogP contribution < -0.4 is 10.1 Å². The number of aromatic hydroxyl groups is 1. The van der Waals surface area contributed by atoms with E-state index in [1.807, 2.05) is 30.3 Å². The lowest BCUT2D eigenvalue weighted by atomic mass is 10.1. The first-order chi connectivity index (χ1) is 9.61. The fourth-order valence-electron chi connectivity index (χ4n) is 2.04. The Balaban J connectivity index is 2.03. The molecule has 0 aromatic heterocycles. The predicted molar refractivity (Wildman–Crippen MR) is 84.1 cm³/mol. The van der Waals surface area contributed by atoms with Crippen LogP contribution in [0.2, 0.25) is 0 Å². The molecule has 0 amide bonds. The molecular weight excluding hydrogens is 318 g/mol. The maximum absolute atomic E-state index is 9.58. The summed E-state index contributed by atoms with van der Waals surface area (Å²) in [5.41, 5.74) is 2.29. The highest BCUT2D eigenvalue weighted by atomic mass is 79.9. The molecule has 2 N–H and O–H groups in total. The maximum Gasteiger partial charge on any atom is 0.160 e. The van der Waals surface area contributed by atoms with Gasteiger partial charge in [-0.25, -0.2) is 0 Å². The summed E-state index contributed by atoms with van der Waals surface area (Å²) in [6, 6.07) is 13.8. The first kappa shape index (κ1) is 14.9. The molecule has 1 atom stereocenters. The highest BCUT2D eigenvalue weighted by Gasteiger charge is 2.09. The van der Waals surface area contributed by atoms with Gasteiger partial charge in [-0.1, -0.05) is 40.2 Å². The summed E-state index contributed by atoms with van der Waals surface area (Å²) in [4.78, 5) is 0. The van der Waals surface area contributed by atoms with E-state index in [1.165, 1.54) is 5.56 Å². The first-order valence-electron chi connectivity index (χ1n) is 6.45. The van der Waals surface area contributed by atoms with Crippen molar-refractivity contribution in [3.05, 3.63) is 58.1 Å². The van der Waals surface area contributed by atoms with Crippen molar-refractivity contribution in [2.45, 2.75) is 19.5 Å². The number of rotatable bonds is 5. The van der Waals surface area contributed by atoms with Gasteiger partial charge in [0.1, 0.15) is 0 Å². The summed E-state index contributed by atoms with van der Waals surface area (Å²) < 4.78 is 6.21. The number of phenols is 1. The van der Waals surface area contributed by atoms with Gasteiger partial charge in [-0.15, -0.1) is 0 Å². The van der Waals surface area contributed by atoms with E-state index in [-0.39, 0.29) is 11.8 Å². The molecule has 0 bridgehead atoms. The van der Waals surface area contributed by atoms with Crippen LogP contribution in [0.3, 0.4) is 0 Å². The fourth-order valence-corrected chi connectivity index (χ4v) is 2.67. The average Bonchev–Trinajstić information content (AvgIpc) is 2.46. The van der Waals surface area contributed by atoms with Gasteiger partial charge in [-0.3, -0.25) is 0 Å². The SMILES string of the molecule is COc1cc(CN[C@@H](C)c2ccccc2Br)ccc1O. The van der Waals surface area contributed by atoms with E-state index in [4.69, 9.17) is 4.74 Å². The summed E-state index contributed by atoms with van der Waals surface area (Å²) in [7, 11) is 1.55. The highest BCUT2D eigenvalue weighted by molar-refractivity contribution is 9.10. The van der Waals surface area contributed by atoms with Gasteiger partial charge in [0.25, 0.3) is 0 Å². The quantitative estimate of drug-likeness (QED) is 0.867. The summed E-state index contributed by atoms with van der Waals surface area (Å²) in [6.45, 7) is 2.83. The standard InChI is InChI=1S/C16H18BrNO2/c1-11(13-5-3-4-6-14(13)17)18-10-12-7-8-15(19)16(9-12)20-2/h3-9,11,18-19H,10H2,1-2H3/t11-/m0/s1. The van der Waals surface area contributed by atoms with Crippen LogP contribution in [0.5, 0.6) is 11.5 Å². The summed E-state index contributed by atoms with van der Waals surface area (Å²) in [6.07, 6.45) is 0. The molecule has 2 aromatic rings. The normalized spacial score (nSPS) is 12.2. The summed E-state index contributed by atoms with van der Waals surface area (Å²) in [5.74, 6) is 0.660. The van der Waals surface area contributed by atoms with E-state index in [1.54, 1.807) is 13.2 Å². The molecular formula is C16H18BrNO2. The number of methoxy groups -OCH3 is 1. The van der Waals surface area contributed by atoms with Crippen molar-refractivity contribution in [2.75, 3.05) is 7.11 Å². The molecule has 0 aliphatic carbocycles. The Morgan fingerprint density at radius 2 is 2.00 bits per heavy atom. The predicted octanol–water partition coefficient (Wildman–Crippen LogP) is 4.01. The monoisotopic (exact) mass is 335 g/mol. The maximum atomic E-state index is 9.58. The van der Waals surface area contributed by atoms with Crippen LogP contribution in [-0.4, -0.2) is 12.2 Å². The minimum atomic E-state index is 0.162. The van der Waals surface area contributed by atoms with Gasteiger partial charge < -0.3 is 15.2 Å². The van der Waals surface area contributed by atoms with Crippen LogP contribution in [0.1, 0.15) is 24.1 Å². The van der Waals surface area contributed by atoms with Gasteiger partial charge in [-0.05, 0) is 36.2 Å². The van der Waals surface area contributed by atoms with Crippen molar-refractivity contribution in [3.63, 3.8) is 0 Å². The molecule has 20 heavy (non-hydrogen) atoms. The third kappa shape index (κ3) is 3.52. The van der Waals surface area contributed by atoms with Crippen LogP contribution in [0.4, 0.5) is 0 Å². The second-order valence-electron chi connectivity index (χ2n) is 4.63. The van der Waals surface area contributed by atoms with Crippen molar-refractivity contribution in [1.82, 2.24) is 5.32 Å². The number of halogens is 1. The van der Waals surface area contributed by atoms with Crippen molar-refractivity contribution in [3.8, 4) is 11.5 Å². The molecule has 0 saturated carbocycles. The fraction of sp³-hybridized carbons (Fsp3) is 0.250. The van der Waals surface area contributed by atoms with E-state index < -0.39 is 0 Å². The van der Waals surface area contributed by atoms with Gasteiger partial charge >= 0.3 is 0 Å². The molecule has 106 valence electrons. The topological polar surface area (TPSA) is 41.5 Å². The molecule has 2 aromatic carbocycles. The zero-order valence-corrected chi connectivity index (χ0v) is 13.1. The number of hydrogen-bond donors (Lipinski definition) is 2. The van der Waals surface area contributed by atoms with E-state index in [0.717, 1.165) is 10.0 Å². The molecule has 0 heterocycles. The summed E-state index contributed by atoms with van der Waals surface area (Å²) >= 11 is 3.56. The number of ether oxygens (including phenoxy) is 1. The lowest BCUT2D eigenvalue weighted by molar-refractivity contribution is 0.372. The smallest absolute Gasteiger partial charge is 0.160 e. The minimum absolute atomic E-state index is 0.162. The Morgan fingerprint density at radius 3 is 2.70 bits per heavy atom. The van der Waals surface area contributed by atoms with Gasteiger partial charge in [0, 0.05) is 17.1 Å². The van der Waals surface area contributed by atoms with Gasteiger partial charge in [0.05, 0.1) is 7.11 Å². The molecule has 2 rings (SSSR count). The second-order valence-corrected chi connectivity index (χ2v) is 5.48. The Labute approximate surface area is 127 Å². The molecule has 0 fully saturated rings. The zero-order valence-electron chi connectivity index (χ0n) is 11.6. The van der Waals surface area contributed by atoms with Crippen LogP contribution >= 0.6 is 15.9 Å². The summed E-state index contributed by atoms with van der Waals surface area (Å²) in [5, 5.41) is 13.0. The van der Waals surface area contributed by atoms with Gasteiger partial charge in [0.15, 0.2) is 11.5 Å². The number of benzene rings is 2. The lowest BCUT2D eigenvalue weighted by Crippen LogP contribution is -2.18. The molecule has 0 saturated heterocycles. The van der Waals surface area contributed by atoms with Crippen molar-refractivity contribution < 1.29 is 9.84 Å². The van der Waals surface area contributed by atoms with Gasteiger partial charge in [-0.2, -0.15) is 0 Å². The lowest BCUT2D eigenvalue weighted by Gasteiger charge is -2.16. The molecule has 0 aliphatic heterocycles. The number of phenolic OH excluding ortho intramolecular Hbond substituents is 1. The third-order valence-electron chi connectivity index (χ3n) is 3.23. The molecule has 0 spiro atoms. The van der Waals surface area contributed by atoms with Crippen molar-refractivity contribution in [2.24, 2.45) is 0 Å². The molecule has 3 nitrogen and oxygen atoms in total. The van der Waals surface area contributed by atoms with E-state index in [9.17, 15) is 5.11 Å². The van der Waals surface area contributed by atoms with Crippen molar-refractivity contribution in [1.29, 1.82) is 0 Å². The number of nitrogens with one attached hydrogen (secondary N) is 1. The molecule has 0 radical (unpaired) electrons. The van der Waals surface area contributed by atoms with Crippen molar-refractivity contribution >= 4 is 15.9 Å². The van der Waals surface area contributed by atoms with Crippen LogP contribution in [0.25, 0.3) is 0 Å². The average molecular weight is 336 g/mol. The Bertz CT molecular complexity index is 586. The van der Waals surface area contributed by atoms with Crippen LogP contribution in [-0.2, 0) is 6.54 Å². The minimum Gasteiger partial charge on any atom is -0.504 e. The second kappa shape index (κ2) is 6.77. The van der Waals surface area contributed by atoms with E-state index in [2.05, 4.69) is 34.2 Å². The number of hydrogen-bond acceptors (Lipinski definition) is 3. The Hall–Kier alpha value is -1.52. The molecule has 4 heteroatoms. The molecule has 0 aliphatic rings. The zero-order chi connectivity index (χ0) is 14.5. The van der Waals surface area contributed by atoms with E-state index in [0.29, 0.717) is 12.3 Å². The van der Waals surface area contributed by atoms with Gasteiger partial charge in [0.2, 0.25) is 0 Å². The Morgan fingerprint density at radius 1 is 1.25 bits per heavy atom. The highest BCUT2D eigenvalue weighted by Crippen LogP contribution is 2.27. The largest absolute Gasteiger partial charge is 0.504 e. The van der Waals surface area contributed by atoms with E-state index >= 15 is 0 Å². The molecule has 0 unspecified atom stereocenters.